The molecule has 0 saturated carbocycles. The summed E-state index contributed by atoms with van der Waals surface area (Å²) >= 11 is 0. The Morgan fingerprint density at radius 2 is 2.40 bits per heavy atom. The molecular formula is C11H12FNO2. The molecule has 1 aliphatic heterocycles. The highest BCUT2D eigenvalue weighted by Gasteiger charge is 2.26. The average molecular weight is 209 g/mol. The molecular weight excluding hydrogens is 197 g/mol. The summed E-state index contributed by atoms with van der Waals surface area (Å²) in [6.45, 7) is 0.663. The van der Waals surface area contributed by atoms with Crippen LogP contribution in [0.3, 0.4) is 0 Å². The molecule has 2 rings (SSSR count). The molecule has 1 aliphatic rings. The first-order valence-electron chi connectivity index (χ1n) is 4.82. The number of carbonyl (C=O) groups excluding carboxylic acids is 1. The minimum absolute atomic E-state index is 0.265. The van der Waals surface area contributed by atoms with Gasteiger partial charge >= 0.3 is 5.97 Å². The molecule has 0 amide bonds. The minimum Gasteiger partial charge on any atom is -0.468 e. The Morgan fingerprint density at radius 1 is 1.60 bits per heavy atom. The van der Waals surface area contributed by atoms with E-state index in [1.807, 2.05) is 0 Å². The minimum atomic E-state index is -0.459. The number of rotatable bonds is 1. The Labute approximate surface area is 87.2 Å². The molecule has 1 aromatic rings. The van der Waals surface area contributed by atoms with Crippen molar-refractivity contribution in [2.24, 2.45) is 0 Å². The fourth-order valence-corrected chi connectivity index (χ4v) is 1.86. The lowest BCUT2D eigenvalue weighted by atomic mass is 9.94. The third kappa shape index (κ3) is 1.85. The zero-order chi connectivity index (χ0) is 10.8. The SMILES string of the molecule is COC(=O)[C@@H]1NCCc2cc(F)ccc21. The molecule has 3 nitrogen and oxygen atoms in total. The van der Waals surface area contributed by atoms with Crippen molar-refractivity contribution < 1.29 is 13.9 Å². The van der Waals surface area contributed by atoms with Gasteiger partial charge in [0, 0.05) is 6.54 Å². The van der Waals surface area contributed by atoms with Crippen molar-refractivity contribution in [1.29, 1.82) is 0 Å². The third-order valence-electron chi connectivity index (χ3n) is 2.60. The fourth-order valence-electron chi connectivity index (χ4n) is 1.86. The lowest BCUT2D eigenvalue weighted by Crippen LogP contribution is -2.35. The van der Waals surface area contributed by atoms with Crippen molar-refractivity contribution in [2.75, 3.05) is 13.7 Å². The van der Waals surface area contributed by atoms with Crippen LogP contribution in [0.15, 0.2) is 18.2 Å². The maximum Gasteiger partial charge on any atom is 0.327 e. The summed E-state index contributed by atoms with van der Waals surface area (Å²) in [5.41, 5.74) is 1.69. The number of ether oxygens (including phenoxy) is 1. The van der Waals surface area contributed by atoms with E-state index in [1.165, 1.54) is 19.2 Å². The number of nitrogens with one attached hydrogen (secondary N) is 1. The van der Waals surface area contributed by atoms with Crippen LogP contribution in [-0.4, -0.2) is 19.6 Å². The summed E-state index contributed by atoms with van der Waals surface area (Å²) in [5, 5.41) is 3.05. The van der Waals surface area contributed by atoms with Gasteiger partial charge in [0.1, 0.15) is 11.9 Å². The van der Waals surface area contributed by atoms with Crippen molar-refractivity contribution in [2.45, 2.75) is 12.5 Å². The van der Waals surface area contributed by atoms with Gasteiger partial charge in [-0.1, -0.05) is 6.07 Å². The van der Waals surface area contributed by atoms with E-state index in [0.29, 0.717) is 6.54 Å². The summed E-state index contributed by atoms with van der Waals surface area (Å²) in [7, 11) is 1.35. The first kappa shape index (κ1) is 10.1. The van der Waals surface area contributed by atoms with E-state index in [4.69, 9.17) is 0 Å². The number of fused-ring (bicyclic) bond motifs is 1. The van der Waals surface area contributed by atoms with E-state index in [9.17, 15) is 9.18 Å². The van der Waals surface area contributed by atoms with Crippen LogP contribution in [0.1, 0.15) is 17.2 Å². The quantitative estimate of drug-likeness (QED) is 0.706. The number of hydrogen-bond acceptors (Lipinski definition) is 3. The smallest absolute Gasteiger partial charge is 0.327 e. The number of hydrogen-bond donors (Lipinski definition) is 1. The van der Waals surface area contributed by atoms with E-state index >= 15 is 0 Å². The predicted molar refractivity (Wildman–Crippen MR) is 52.9 cm³/mol. The maximum absolute atomic E-state index is 13.0. The second-order valence-corrected chi connectivity index (χ2v) is 3.50. The molecule has 0 bridgehead atoms. The average Bonchev–Trinajstić information content (AvgIpc) is 2.26. The van der Waals surface area contributed by atoms with Crippen molar-refractivity contribution in [3.8, 4) is 0 Å². The molecule has 15 heavy (non-hydrogen) atoms. The molecule has 1 heterocycles. The van der Waals surface area contributed by atoms with Crippen LogP contribution < -0.4 is 5.32 Å². The van der Waals surface area contributed by atoms with Gasteiger partial charge in [0.25, 0.3) is 0 Å². The van der Waals surface area contributed by atoms with Crippen LogP contribution in [-0.2, 0) is 16.0 Å². The molecule has 0 radical (unpaired) electrons. The summed E-state index contributed by atoms with van der Waals surface area (Å²) in [4.78, 5) is 11.4. The van der Waals surface area contributed by atoms with E-state index in [2.05, 4.69) is 10.1 Å². The van der Waals surface area contributed by atoms with Gasteiger partial charge < -0.3 is 10.1 Å². The van der Waals surface area contributed by atoms with Crippen molar-refractivity contribution in [1.82, 2.24) is 5.32 Å². The van der Waals surface area contributed by atoms with E-state index in [1.54, 1.807) is 6.07 Å². The molecule has 1 N–H and O–H groups in total. The maximum atomic E-state index is 13.0. The van der Waals surface area contributed by atoms with Gasteiger partial charge in [-0.05, 0) is 29.7 Å². The van der Waals surface area contributed by atoms with Gasteiger partial charge in [0.15, 0.2) is 0 Å². The second kappa shape index (κ2) is 3.98. The lowest BCUT2D eigenvalue weighted by Gasteiger charge is -2.24. The molecule has 1 atom stereocenters. The zero-order valence-electron chi connectivity index (χ0n) is 8.42. The van der Waals surface area contributed by atoms with Crippen molar-refractivity contribution >= 4 is 5.97 Å². The molecule has 0 aromatic heterocycles. The van der Waals surface area contributed by atoms with Gasteiger partial charge in [-0.25, -0.2) is 9.18 Å². The topological polar surface area (TPSA) is 38.3 Å². The van der Waals surface area contributed by atoms with Gasteiger partial charge in [-0.2, -0.15) is 0 Å². The molecule has 0 aliphatic carbocycles. The standard InChI is InChI=1S/C11H12FNO2/c1-15-11(14)10-9-3-2-8(12)6-7(9)4-5-13-10/h2-3,6,10,13H,4-5H2,1H3/t10-/m1/s1. The predicted octanol–water partition coefficient (Wildman–Crippen LogP) is 1.19. The lowest BCUT2D eigenvalue weighted by molar-refractivity contribution is -0.143. The molecule has 0 spiro atoms. The Hall–Kier alpha value is -1.42. The number of benzene rings is 1. The molecule has 4 heteroatoms. The van der Waals surface area contributed by atoms with Crippen LogP contribution in [0.5, 0.6) is 0 Å². The van der Waals surface area contributed by atoms with E-state index < -0.39 is 6.04 Å². The molecule has 0 unspecified atom stereocenters. The van der Waals surface area contributed by atoms with Crippen molar-refractivity contribution in [3.05, 3.63) is 35.1 Å². The highest BCUT2D eigenvalue weighted by molar-refractivity contribution is 5.78. The van der Waals surface area contributed by atoms with Gasteiger partial charge in [0.05, 0.1) is 7.11 Å². The monoisotopic (exact) mass is 209 g/mol. The highest BCUT2D eigenvalue weighted by atomic mass is 19.1. The Kier molecular flexibility index (Phi) is 2.68. The molecule has 0 fully saturated rings. The first-order valence-corrected chi connectivity index (χ1v) is 4.82. The normalized spacial score (nSPS) is 19.5. The Balaban J connectivity index is 2.38. The number of halogens is 1. The highest BCUT2D eigenvalue weighted by Crippen LogP contribution is 2.24. The first-order chi connectivity index (χ1) is 7.22. The Morgan fingerprint density at radius 3 is 3.13 bits per heavy atom. The fraction of sp³-hybridized carbons (Fsp3) is 0.364. The zero-order valence-corrected chi connectivity index (χ0v) is 8.42. The Bertz CT molecular complexity index is 392. The molecule has 0 saturated heterocycles. The van der Waals surface area contributed by atoms with Crippen molar-refractivity contribution in [3.63, 3.8) is 0 Å². The van der Waals surface area contributed by atoms with E-state index in [-0.39, 0.29) is 11.8 Å². The van der Waals surface area contributed by atoms with Gasteiger partial charge in [0.2, 0.25) is 0 Å². The summed E-state index contributed by atoms with van der Waals surface area (Å²) < 4.78 is 17.6. The molecule has 80 valence electrons. The number of methoxy groups -OCH3 is 1. The number of carbonyl (C=O) groups is 1. The van der Waals surface area contributed by atoms with Crippen LogP contribution in [0, 0.1) is 5.82 Å². The van der Waals surface area contributed by atoms with Crippen LogP contribution in [0.4, 0.5) is 4.39 Å². The largest absolute Gasteiger partial charge is 0.468 e. The molecule has 1 aromatic carbocycles. The van der Waals surface area contributed by atoms with Crippen LogP contribution in [0.2, 0.25) is 0 Å². The van der Waals surface area contributed by atoms with Crippen LogP contribution in [0.25, 0.3) is 0 Å². The summed E-state index contributed by atoms with van der Waals surface area (Å²) in [6, 6.07) is 4.02. The second-order valence-electron chi connectivity index (χ2n) is 3.50. The number of esters is 1. The van der Waals surface area contributed by atoms with E-state index in [0.717, 1.165) is 17.5 Å². The summed E-state index contributed by atoms with van der Waals surface area (Å²) in [6.07, 6.45) is 0.737. The summed E-state index contributed by atoms with van der Waals surface area (Å²) in [5.74, 6) is -0.596. The van der Waals surface area contributed by atoms with Crippen LogP contribution >= 0.6 is 0 Å². The third-order valence-corrected chi connectivity index (χ3v) is 2.60. The van der Waals surface area contributed by atoms with Gasteiger partial charge in [-0.3, -0.25) is 0 Å². The van der Waals surface area contributed by atoms with Gasteiger partial charge in [-0.15, -0.1) is 0 Å².